The van der Waals surface area contributed by atoms with E-state index in [4.69, 9.17) is 0 Å². The molecular formula is C13H18BrFN2O. The zero-order chi connectivity index (χ0) is 13.8. The fraction of sp³-hybridized carbons (Fsp3) is 0.462. The summed E-state index contributed by atoms with van der Waals surface area (Å²) in [5.74, 6) is -0.640. The smallest absolute Gasteiger partial charge is 0.225 e. The highest BCUT2D eigenvalue weighted by molar-refractivity contribution is 9.10. The first-order chi connectivity index (χ1) is 8.28. The van der Waals surface area contributed by atoms with Gasteiger partial charge in [0.25, 0.3) is 0 Å². The van der Waals surface area contributed by atoms with Crippen molar-refractivity contribution in [2.75, 3.05) is 11.9 Å². The molecule has 3 nitrogen and oxygen atoms in total. The number of carbonyl (C=O) groups is 1. The van der Waals surface area contributed by atoms with Crippen molar-refractivity contribution in [1.82, 2.24) is 5.32 Å². The van der Waals surface area contributed by atoms with Gasteiger partial charge in [-0.25, -0.2) is 4.39 Å². The van der Waals surface area contributed by atoms with Crippen molar-refractivity contribution >= 4 is 27.5 Å². The van der Waals surface area contributed by atoms with Crippen molar-refractivity contribution in [2.24, 2.45) is 0 Å². The first-order valence-corrected chi connectivity index (χ1v) is 6.57. The van der Waals surface area contributed by atoms with E-state index >= 15 is 0 Å². The van der Waals surface area contributed by atoms with Crippen molar-refractivity contribution in [1.29, 1.82) is 0 Å². The monoisotopic (exact) mass is 316 g/mol. The maximum atomic E-state index is 13.4. The molecule has 0 aliphatic rings. The van der Waals surface area contributed by atoms with Gasteiger partial charge in [-0.1, -0.05) is 15.9 Å². The highest BCUT2D eigenvalue weighted by Crippen LogP contribution is 2.20. The Bertz CT molecular complexity index is 429. The molecule has 0 unspecified atom stereocenters. The Balaban J connectivity index is 2.47. The van der Waals surface area contributed by atoms with Crippen molar-refractivity contribution in [3.05, 3.63) is 28.5 Å². The molecule has 18 heavy (non-hydrogen) atoms. The Labute approximate surface area is 115 Å². The maximum Gasteiger partial charge on any atom is 0.225 e. The van der Waals surface area contributed by atoms with Crippen molar-refractivity contribution in [3.8, 4) is 0 Å². The molecule has 0 heterocycles. The van der Waals surface area contributed by atoms with E-state index in [1.54, 1.807) is 12.1 Å². The summed E-state index contributed by atoms with van der Waals surface area (Å²) in [6, 6.07) is 4.45. The van der Waals surface area contributed by atoms with Gasteiger partial charge >= 0.3 is 0 Å². The molecule has 1 aromatic rings. The summed E-state index contributed by atoms with van der Waals surface area (Å²) < 4.78 is 14.1. The standard InChI is InChI=1S/C13H18BrFN2O/c1-13(2,3)16-7-6-12(18)17-11-8-9(14)4-5-10(11)15/h4-5,8,16H,6-7H2,1-3H3,(H,17,18). The lowest BCUT2D eigenvalue weighted by atomic mass is 10.1. The number of halogens is 2. The van der Waals surface area contributed by atoms with Gasteiger partial charge in [0.1, 0.15) is 5.82 Å². The molecule has 2 N–H and O–H groups in total. The zero-order valence-electron chi connectivity index (χ0n) is 10.8. The minimum atomic E-state index is -0.435. The van der Waals surface area contributed by atoms with Crippen LogP contribution in [0.15, 0.2) is 22.7 Å². The molecule has 0 spiro atoms. The maximum absolute atomic E-state index is 13.4. The van der Waals surface area contributed by atoms with Crippen molar-refractivity contribution < 1.29 is 9.18 Å². The largest absolute Gasteiger partial charge is 0.324 e. The Morgan fingerprint density at radius 3 is 2.67 bits per heavy atom. The number of amides is 1. The van der Waals surface area contributed by atoms with Crippen LogP contribution in [0.1, 0.15) is 27.2 Å². The number of hydrogen-bond acceptors (Lipinski definition) is 2. The number of hydrogen-bond donors (Lipinski definition) is 2. The molecule has 0 aliphatic heterocycles. The lowest BCUT2D eigenvalue weighted by Crippen LogP contribution is -2.37. The lowest BCUT2D eigenvalue weighted by Gasteiger charge is -2.20. The van der Waals surface area contributed by atoms with Gasteiger partial charge < -0.3 is 10.6 Å². The van der Waals surface area contributed by atoms with Gasteiger partial charge in [-0.2, -0.15) is 0 Å². The molecule has 0 saturated carbocycles. The quantitative estimate of drug-likeness (QED) is 0.894. The molecule has 0 aromatic heterocycles. The first-order valence-electron chi connectivity index (χ1n) is 5.78. The van der Waals surface area contributed by atoms with Crippen LogP contribution in [0.5, 0.6) is 0 Å². The minimum absolute atomic E-state index is 0.0265. The Kier molecular flexibility index (Phi) is 5.28. The van der Waals surface area contributed by atoms with Crippen LogP contribution >= 0.6 is 15.9 Å². The summed E-state index contributed by atoms with van der Waals surface area (Å²) in [7, 11) is 0. The van der Waals surface area contributed by atoms with Crippen LogP contribution in [0, 0.1) is 5.82 Å². The predicted molar refractivity (Wildman–Crippen MR) is 75.1 cm³/mol. The average Bonchev–Trinajstić information content (AvgIpc) is 2.21. The van der Waals surface area contributed by atoms with Gasteiger partial charge in [0.2, 0.25) is 5.91 Å². The highest BCUT2D eigenvalue weighted by atomic mass is 79.9. The summed E-state index contributed by atoms with van der Waals surface area (Å²) >= 11 is 3.23. The Morgan fingerprint density at radius 2 is 2.06 bits per heavy atom. The van der Waals surface area contributed by atoms with Crippen LogP contribution in [0.3, 0.4) is 0 Å². The van der Waals surface area contributed by atoms with E-state index in [0.29, 0.717) is 13.0 Å². The van der Waals surface area contributed by atoms with E-state index in [2.05, 4.69) is 26.6 Å². The third kappa shape index (κ3) is 5.60. The number of rotatable bonds is 4. The zero-order valence-corrected chi connectivity index (χ0v) is 12.4. The predicted octanol–water partition coefficient (Wildman–Crippen LogP) is 3.30. The van der Waals surface area contributed by atoms with E-state index in [0.717, 1.165) is 4.47 Å². The van der Waals surface area contributed by atoms with Gasteiger partial charge in [-0.05, 0) is 39.0 Å². The fourth-order valence-electron chi connectivity index (χ4n) is 1.36. The number of nitrogens with one attached hydrogen (secondary N) is 2. The summed E-state index contributed by atoms with van der Waals surface area (Å²) in [5.41, 5.74) is 0.173. The van der Waals surface area contributed by atoms with Gasteiger partial charge in [0.15, 0.2) is 0 Å². The molecule has 100 valence electrons. The van der Waals surface area contributed by atoms with Gasteiger partial charge in [0, 0.05) is 23.0 Å². The molecule has 0 aliphatic carbocycles. The van der Waals surface area contributed by atoms with Gasteiger partial charge in [-0.15, -0.1) is 0 Å². The van der Waals surface area contributed by atoms with Crippen molar-refractivity contribution in [3.63, 3.8) is 0 Å². The SMILES string of the molecule is CC(C)(C)NCCC(=O)Nc1cc(Br)ccc1F. The summed E-state index contributed by atoms with van der Waals surface area (Å²) in [4.78, 5) is 11.6. The summed E-state index contributed by atoms with van der Waals surface area (Å²) in [6.07, 6.45) is 0.309. The molecule has 1 amide bonds. The second-order valence-electron chi connectivity index (χ2n) is 5.10. The molecule has 0 saturated heterocycles. The number of anilines is 1. The van der Waals surface area contributed by atoms with E-state index in [9.17, 15) is 9.18 Å². The number of carbonyl (C=O) groups excluding carboxylic acids is 1. The second-order valence-corrected chi connectivity index (χ2v) is 6.01. The van der Waals surface area contributed by atoms with Gasteiger partial charge in [-0.3, -0.25) is 4.79 Å². The van der Waals surface area contributed by atoms with Gasteiger partial charge in [0.05, 0.1) is 5.69 Å². The third-order valence-corrected chi connectivity index (χ3v) is 2.70. The molecule has 1 aromatic carbocycles. The Morgan fingerprint density at radius 1 is 1.39 bits per heavy atom. The molecule has 1 rings (SSSR count). The Hall–Kier alpha value is -0.940. The normalized spacial score (nSPS) is 11.4. The van der Waals surface area contributed by atoms with Crippen LogP contribution < -0.4 is 10.6 Å². The second kappa shape index (κ2) is 6.29. The van der Waals surface area contributed by atoms with E-state index in [-0.39, 0.29) is 17.1 Å². The first kappa shape index (κ1) is 15.1. The van der Waals surface area contributed by atoms with E-state index < -0.39 is 5.82 Å². The van der Waals surface area contributed by atoms with Crippen LogP contribution in [0.4, 0.5) is 10.1 Å². The van der Waals surface area contributed by atoms with E-state index in [1.165, 1.54) is 6.07 Å². The van der Waals surface area contributed by atoms with Crippen LogP contribution in [-0.2, 0) is 4.79 Å². The molecule has 0 bridgehead atoms. The third-order valence-electron chi connectivity index (χ3n) is 2.21. The van der Waals surface area contributed by atoms with Crippen LogP contribution in [-0.4, -0.2) is 18.0 Å². The molecule has 0 fully saturated rings. The van der Waals surface area contributed by atoms with E-state index in [1.807, 2.05) is 20.8 Å². The topological polar surface area (TPSA) is 41.1 Å². The van der Waals surface area contributed by atoms with Crippen molar-refractivity contribution in [2.45, 2.75) is 32.7 Å². The van der Waals surface area contributed by atoms with Crippen LogP contribution in [0.25, 0.3) is 0 Å². The molecule has 5 heteroatoms. The average molecular weight is 317 g/mol. The summed E-state index contributed by atoms with van der Waals surface area (Å²) in [6.45, 7) is 6.64. The highest BCUT2D eigenvalue weighted by Gasteiger charge is 2.11. The molecule has 0 radical (unpaired) electrons. The summed E-state index contributed by atoms with van der Waals surface area (Å²) in [5, 5.41) is 5.75. The minimum Gasteiger partial charge on any atom is -0.324 e. The molecule has 0 atom stereocenters. The number of benzene rings is 1. The lowest BCUT2D eigenvalue weighted by molar-refractivity contribution is -0.116. The fourth-order valence-corrected chi connectivity index (χ4v) is 1.72. The molecular weight excluding hydrogens is 299 g/mol. The van der Waals surface area contributed by atoms with Crippen LogP contribution in [0.2, 0.25) is 0 Å².